The van der Waals surface area contributed by atoms with Crippen molar-refractivity contribution in [3.63, 3.8) is 0 Å². The molecule has 2 N–H and O–H groups in total. The van der Waals surface area contributed by atoms with Crippen molar-refractivity contribution < 1.29 is 0 Å². The quantitative estimate of drug-likeness (QED) is 0.803. The van der Waals surface area contributed by atoms with Crippen molar-refractivity contribution in [2.24, 2.45) is 5.92 Å². The first-order chi connectivity index (χ1) is 11.1. The second kappa shape index (κ2) is 4.98. The predicted octanol–water partition coefficient (Wildman–Crippen LogP) is 3.36. The van der Waals surface area contributed by atoms with Gasteiger partial charge in [0.2, 0.25) is 0 Å². The molecule has 0 aromatic carbocycles. The van der Waals surface area contributed by atoms with E-state index in [0.717, 1.165) is 22.0 Å². The molecule has 116 valence electrons. The smallest absolute Gasteiger partial charge is 0.162 e. The minimum Gasteiger partial charge on any atom is -0.383 e. The minimum atomic E-state index is 0.0438. The molecule has 23 heavy (non-hydrogen) atoms. The summed E-state index contributed by atoms with van der Waals surface area (Å²) in [5.41, 5.74) is 9.22. The first-order valence-electron chi connectivity index (χ1n) is 7.89. The average Bonchev–Trinajstić information content (AvgIpc) is 3.40. The maximum absolute atomic E-state index is 6.32. The van der Waals surface area contributed by atoms with Crippen molar-refractivity contribution >= 4 is 16.7 Å². The van der Waals surface area contributed by atoms with E-state index >= 15 is 0 Å². The van der Waals surface area contributed by atoms with Crippen LogP contribution in [0.5, 0.6) is 0 Å². The van der Waals surface area contributed by atoms with E-state index in [9.17, 15) is 0 Å². The van der Waals surface area contributed by atoms with Crippen LogP contribution in [0, 0.1) is 5.92 Å². The molecule has 0 amide bonds. The molecule has 4 rings (SSSR count). The van der Waals surface area contributed by atoms with E-state index in [1.165, 1.54) is 12.8 Å². The van der Waals surface area contributed by atoms with Crippen molar-refractivity contribution in [1.29, 1.82) is 0 Å². The van der Waals surface area contributed by atoms with E-state index < -0.39 is 0 Å². The number of hydrogen-bond acceptors (Lipinski definition) is 5. The van der Waals surface area contributed by atoms with Crippen LogP contribution < -0.4 is 5.73 Å². The average molecular weight is 305 g/mol. The molecule has 0 aliphatic heterocycles. The van der Waals surface area contributed by atoms with Crippen molar-refractivity contribution in [3.8, 4) is 11.4 Å². The second-order valence-corrected chi connectivity index (χ2v) is 6.75. The van der Waals surface area contributed by atoms with Gasteiger partial charge in [0.15, 0.2) is 5.82 Å². The number of nitrogens with zero attached hydrogens (tertiary/aromatic N) is 4. The molecule has 0 spiro atoms. The fraction of sp³-hybridized carbons (Fsp3) is 0.333. The molecule has 0 saturated heterocycles. The lowest BCUT2D eigenvalue weighted by Gasteiger charge is -2.26. The van der Waals surface area contributed by atoms with E-state index in [4.69, 9.17) is 5.73 Å². The lowest BCUT2D eigenvalue weighted by atomic mass is 9.79. The molecular weight excluding hydrogens is 286 g/mol. The van der Waals surface area contributed by atoms with Gasteiger partial charge in [0, 0.05) is 29.5 Å². The van der Waals surface area contributed by atoms with E-state index in [1.54, 1.807) is 18.6 Å². The molecule has 0 bridgehead atoms. The predicted molar refractivity (Wildman–Crippen MR) is 90.7 cm³/mol. The number of pyridine rings is 2. The summed E-state index contributed by atoms with van der Waals surface area (Å²) in [5, 5.41) is 0.940. The Labute approximate surface area is 135 Å². The standard InChI is InChI=1S/C18H19N5/c1-18(2,12-3-4-12)13-9-21-10-14-15(13)16(19)23-17(22-14)11-5-7-20-8-6-11/h5-10,12H,3-4H2,1-2H3,(H2,19,22,23). The Kier molecular flexibility index (Phi) is 3.04. The molecule has 0 radical (unpaired) electrons. The third kappa shape index (κ3) is 2.32. The Morgan fingerprint density at radius 1 is 1.04 bits per heavy atom. The highest BCUT2D eigenvalue weighted by Gasteiger charge is 2.40. The zero-order valence-corrected chi connectivity index (χ0v) is 13.3. The Morgan fingerprint density at radius 2 is 1.78 bits per heavy atom. The van der Waals surface area contributed by atoms with E-state index in [-0.39, 0.29) is 5.41 Å². The molecular formula is C18H19N5. The van der Waals surface area contributed by atoms with Gasteiger partial charge in [-0.2, -0.15) is 0 Å². The molecule has 1 aliphatic rings. The third-order valence-electron chi connectivity index (χ3n) is 4.87. The lowest BCUT2D eigenvalue weighted by Crippen LogP contribution is -2.21. The molecule has 1 fully saturated rings. The molecule has 0 atom stereocenters. The second-order valence-electron chi connectivity index (χ2n) is 6.75. The molecule has 1 aliphatic carbocycles. The summed E-state index contributed by atoms with van der Waals surface area (Å²) >= 11 is 0. The van der Waals surface area contributed by atoms with Crippen molar-refractivity contribution in [3.05, 3.63) is 42.5 Å². The third-order valence-corrected chi connectivity index (χ3v) is 4.87. The number of nitrogen functional groups attached to an aromatic ring is 1. The molecule has 5 nitrogen and oxygen atoms in total. The van der Waals surface area contributed by atoms with Crippen LogP contribution in [-0.4, -0.2) is 19.9 Å². The summed E-state index contributed by atoms with van der Waals surface area (Å²) in [5.74, 6) is 1.82. The SMILES string of the molecule is CC(C)(c1cncc2nc(-c3ccncc3)nc(N)c12)C1CC1. The summed E-state index contributed by atoms with van der Waals surface area (Å²) in [7, 11) is 0. The molecule has 0 unspecified atom stereocenters. The molecule has 3 aromatic heterocycles. The van der Waals surface area contributed by atoms with Crippen LogP contribution in [0.15, 0.2) is 36.9 Å². The van der Waals surface area contributed by atoms with Crippen LogP contribution in [0.4, 0.5) is 5.82 Å². The van der Waals surface area contributed by atoms with Gasteiger partial charge >= 0.3 is 0 Å². The molecule has 5 heteroatoms. The Balaban J connectivity index is 1.92. The van der Waals surface area contributed by atoms with Crippen LogP contribution in [0.25, 0.3) is 22.3 Å². The monoisotopic (exact) mass is 305 g/mol. The van der Waals surface area contributed by atoms with Gasteiger partial charge < -0.3 is 5.73 Å². The van der Waals surface area contributed by atoms with Gasteiger partial charge in [-0.25, -0.2) is 9.97 Å². The number of fused-ring (bicyclic) bond motifs is 1. The van der Waals surface area contributed by atoms with Gasteiger partial charge in [0.25, 0.3) is 0 Å². The summed E-state index contributed by atoms with van der Waals surface area (Å²) in [6.07, 6.45) is 9.67. The normalized spacial score (nSPS) is 15.0. The van der Waals surface area contributed by atoms with Crippen molar-refractivity contribution in [2.75, 3.05) is 5.73 Å². The largest absolute Gasteiger partial charge is 0.383 e. The van der Waals surface area contributed by atoms with Crippen LogP contribution in [0.2, 0.25) is 0 Å². The highest BCUT2D eigenvalue weighted by molar-refractivity contribution is 5.92. The first kappa shape index (κ1) is 14.1. The summed E-state index contributed by atoms with van der Waals surface area (Å²) in [4.78, 5) is 17.7. The van der Waals surface area contributed by atoms with Gasteiger partial charge in [-0.15, -0.1) is 0 Å². The summed E-state index contributed by atoms with van der Waals surface area (Å²) in [6.45, 7) is 4.52. The first-order valence-corrected chi connectivity index (χ1v) is 7.89. The lowest BCUT2D eigenvalue weighted by molar-refractivity contribution is 0.457. The van der Waals surface area contributed by atoms with E-state index in [0.29, 0.717) is 17.6 Å². The van der Waals surface area contributed by atoms with Gasteiger partial charge in [0.1, 0.15) is 5.82 Å². The van der Waals surface area contributed by atoms with Crippen LogP contribution in [0.3, 0.4) is 0 Å². The zero-order valence-electron chi connectivity index (χ0n) is 13.3. The van der Waals surface area contributed by atoms with Crippen molar-refractivity contribution in [1.82, 2.24) is 19.9 Å². The maximum atomic E-state index is 6.32. The highest BCUT2D eigenvalue weighted by Crippen LogP contribution is 2.48. The van der Waals surface area contributed by atoms with Crippen LogP contribution in [0.1, 0.15) is 32.3 Å². The number of hydrogen-bond donors (Lipinski definition) is 1. The van der Waals surface area contributed by atoms with Crippen LogP contribution in [-0.2, 0) is 5.41 Å². The maximum Gasteiger partial charge on any atom is 0.162 e. The molecule has 3 heterocycles. The minimum absolute atomic E-state index is 0.0438. The zero-order chi connectivity index (χ0) is 16.0. The van der Waals surface area contributed by atoms with Gasteiger partial charge in [0.05, 0.1) is 11.7 Å². The fourth-order valence-corrected chi connectivity index (χ4v) is 3.26. The summed E-state index contributed by atoms with van der Waals surface area (Å²) in [6, 6.07) is 3.76. The number of nitrogens with two attached hydrogens (primary N) is 1. The van der Waals surface area contributed by atoms with Gasteiger partial charge in [-0.1, -0.05) is 13.8 Å². The van der Waals surface area contributed by atoms with Crippen LogP contribution >= 0.6 is 0 Å². The Morgan fingerprint density at radius 3 is 2.48 bits per heavy atom. The van der Waals surface area contributed by atoms with Gasteiger partial charge in [-0.3, -0.25) is 9.97 Å². The van der Waals surface area contributed by atoms with Gasteiger partial charge in [-0.05, 0) is 41.9 Å². The Bertz CT molecular complexity index is 869. The molecule has 3 aromatic rings. The summed E-state index contributed by atoms with van der Waals surface area (Å²) < 4.78 is 0. The van der Waals surface area contributed by atoms with E-state index in [1.807, 2.05) is 18.3 Å². The Hall–Kier alpha value is -2.56. The number of aromatic nitrogens is 4. The highest BCUT2D eigenvalue weighted by atomic mass is 15.0. The topological polar surface area (TPSA) is 77.6 Å². The number of anilines is 1. The van der Waals surface area contributed by atoms with Crippen molar-refractivity contribution in [2.45, 2.75) is 32.1 Å². The fourth-order valence-electron chi connectivity index (χ4n) is 3.26. The number of rotatable bonds is 3. The van der Waals surface area contributed by atoms with E-state index in [2.05, 4.69) is 33.8 Å². The molecule has 1 saturated carbocycles.